The number of aromatic nitrogens is 2. The second kappa shape index (κ2) is 6.85. The molecular formula is C16H20N4O4S. The summed E-state index contributed by atoms with van der Waals surface area (Å²) in [7, 11) is -1.76. The first kappa shape index (κ1) is 17.4. The number of hydrogen-bond donors (Lipinski definition) is 1. The topological polar surface area (TPSA) is 93.5 Å². The quantitative estimate of drug-likeness (QED) is 0.840. The second-order valence-corrected chi connectivity index (χ2v) is 7.82. The van der Waals surface area contributed by atoms with Crippen LogP contribution in [0.3, 0.4) is 0 Å². The van der Waals surface area contributed by atoms with E-state index in [9.17, 15) is 13.2 Å². The Hall–Kier alpha value is -2.39. The molecule has 0 aliphatic carbocycles. The Morgan fingerprint density at radius 2 is 2.24 bits per heavy atom. The molecule has 0 bridgehead atoms. The standard InChI is InChI=1S/C16H20N4O4S/c1-24-15-5-3-4-12(6-15)16(21)19-9-13-7-17-11-20(13)14(10-19)8-18-25(2,22)23/h3-7,11,14,18H,8-10H2,1-2H3. The zero-order valence-electron chi connectivity index (χ0n) is 14.0. The molecule has 1 aliphatic rings. The Labute approximate surface area is 146 Å². The van der Waals surface area contributed by atoms with E-state index in [-0.39, 0.29) is 18.5 Å². The third-order valence-corrected chi connectivity index (χ3v) is 4.80. The van der Waals surface area contributed by atoms with Crippen molar-refractivity contribution in [1.82, 2.24) is 19.2 Å². The van der Waals surface area contributed by atoms with E-state index in [2.05, 4.69) is 9.71 Å². The number of amides is 1. The van der Waals surface area contributed by atoms with Crippen molar-refractivity contribution in [3.8, 4) is 5.75 Å². The zero-order valence-corrected chi connectivity index (χ0v) is 14.9. The summed E-state index contributed by atoms with van der Waals surface area (Å²) in [6.07, 6.45) is 4.47. The molecule has 9 heteroatoms. The average molecular weight is 364 g/mol. The van der Waals surface area contributed by atoms with Gasteiger partial charge >= 0.3 is 0 Å². The molecule has 8 nitrogen and oxygen atoms in total. The fourth-order valence-electron chi connectivity index (χ4n) is 2.89. The number of carbonyl (C=O) groups excluding carboxylic acids is 1. The largest absolute Gasteiger partial charge is 0.497 e. The molecule has 0 spiro atoms. The van der Waals surface area contributed by atoms with Gasteiger partial charge in [-0.05, 0) is 18.2 Å². The number of sulfonamides is 1. The molecule has 3 rings (SSSR count). The van der Waals surface area contributed by atoms with Gasteiger partial charge in [-0.1, -0.05) is 6.07 Å². The maximum atomic E-state index is 12.8. The first-order chi connectivity index (χ1) is 11.9. The van der Waals surface area contributed by atoms with Gasteiger partial charge in [0.2, 0.25) is 10.0 Å². The van der Waals surface area contributed by atoms with Gasteiger partial charge in [0.05, 0.1) is 38.0 Å². The van der Waals surface area contributed by atoms with E-state index in [1.165, 1.54) is 0 Å². The molecule has 0 saturated heterocycles. The van der Waals surface area contributed by atoms with Crippen LogP contribution in [0.15, 0.2) is 36.8 Å². The van der Waals surface area contributed by atoms with Crippen molar-refractivity contribution in [2.24, 2.45) is 0 Å². The first-order valence-corrected chi connectivity index (χ1v) is 9.65. The van der Waals surface area contributed by atoms with Crippen LogP contribution in [-0.2, 0) is 16.6 Å². The van der Waals surface area contributed by atoms with Crippen molar-refractivity contribution in [3.63, 3.8) is 0 Å². The highest BCUT2D eigenvalue weighted by atomic mass is 32.2. The lowest BCUT2D eigenvalue weighted by atomic mass is 10.1. The molecule has 1 aromatic carbocycles. The molecule has 2 heterocycles. The summed E-state index contributed by atoms with van der Waals surface area (Å²) in [6.45, 7) is 1.01. The highest BCUT2D eigenvalue weighted by Crippen LogP contribution is 2.23. The third kappa shape index (κ3) is 3.99. The molecule has 1 N–H and O–H groups in total. The lowest BCUT2D eigenvalue weighted by Gasteiger charge is -2.34. The van der Waals surface area contributed by atoms with Crippen LogP contribution in [0.25, 0.3) is 0 Å². The summed E-state index contributed by atoms with van der Waals surface area (Å²) >= 11 is 0. The van der Waals surface area contributed by atoms with Gasteiger partial charge in [0, 0.05) is 24.8 Å². The minimum Gasteiger partial charge on any atom is -0.497 e. The molecule has 134 valence electrons. The molecular weight excluding hydrogens is 344 g/mol. The van der Waals surface area contributed by atoms with Crippen LogP contribution in [0.1, 0.15) is 22.1 Å². The molecule has 1 aliphatic heterocycles. The summed E-state index contributed by atoms with van der Waals surface area (Å²) in [4.78, 5) is 18.7. The van der Waals surface area contributed by atoms with Crippen LogP contribution in [0.2, 0.25) is 0 Å². The van der Waals surface area contributed by atoms with Crippen molar-refractivity contribution in [1.29, 1.82) is 0 Å². The van der Waals surface area contributed by atoms with Gasteiger partial charge in [0.15, 0.2) is 0 Å². The van der Waals surface area contributed by atoms with Crippen LogP contribution in [-0.4, -0.2) is 55.2 Å². The normalized spacial score (nSPS) is 17.2. The number of imidazole rings is 1. The van der Waals surface area contributed by atoms with Crippen LogP contribution >= 0.6 is 0 Å². The lowest BCUT2D eigenvalue weighted by molar-refractivity contribution is 0.0680. The maximum Gasteiger partial charge on any atom is 0.254 e. The second-order valence-electron chi connectivity index (χ2n) is 5.98. The van der Waals surface area contributed by atoms with Crippen molar-refractivity contribution in [2.45, 2.75) is 12.6 Å². The van der Waals surface area contributed by atoms with Gasteiger partial charge in [-0.3, -0.25) is 4.79 Å². The number of hydrogen-bond acceptors (Lipinski definition) is 5. The lowest BCUT2D eigenvalue weighted by Crippen LogP contribution is -2.44. The number of carbonyl (C=O) groups is 1. The summed E-state index contributed by atoms with van der Waals surface area (Å²) in [6, 6.07) is 6.76. The third-order valence-electron chi connectivity index (χ3n) is 4.11. The van der Waals surface area contributed by atoms with Gasteiger partial charge in [-0.15, -0.1) is 0 Å². The maximum absolute atomic E-state index is 12.8. The average Bonchev–Trinajstić information content (AvgIpc) is 3.07. The molecule has 1 amide bonds. The van der Waals surface area contributed by atoms with E-state index in [0.717, 1.165) is 11.9 Å². The first-order valence-electron chi connectivity index (χ1n) is 7.76. The Morgan fingerprint density at radius 1 is 1.44 bits per heavy atom. The van der Waals surface area contributed by atoms with Crippen molar-refractivity contribution in [2.75, 3.05) is 26.5 Å². The molecule has 2 aromatic rings. The van der Waals surface area contributed by atoms with Gasteiger partial charge in [-0.25, -0.2) is 18.1 Å². The highest BCUT2D eigenvalue weighted by Gasteiger charge is 2.29. The zero-order chi connectivity index (χ0) is 18.0. The molecule has 0 fully saturated rings. The number of benzene rings is 1. The van der Waals surface area contributed by atoms with E-state index >= 15 is 0 Å². The van der Waals surface area contributed by atoms with Crippen LogP contribution in [0.5, 0.6) is 5.75 Å². The van der Waals surface area contributed by atoms with E-state index in [0.29, 0.717) is 24.4 Å². The molecule has 0 radical (unpaired) electrons. The predicted molar refractivity (Wildman–Crippen MR) is 91.8 cm³/mol. The Bertz CT molecular complexity index is 878. The highest BCUT2D eigenvalue weighted by molar-refractivity contribution is 7.88. The molecule has 0 saturated carbocycles. The van der Waals surface area contributed by atoms with Gasteiger partial charge in [-0.2, -0.15) is 0 Å². The monoisotopic (exact) mass is 364 g/mol. The number of fused-ring (bicyclic) bond motifs is 1. The summed E-state index contributed by atoms with van der Waals surface area (Å²) in [5.74, 6) is 0.485. The fourth-order valence-corrected chi connectivity index (χ4v) is 3.38. The van der Waals surface area contributed by atoms with Crippen molar-refractivity contribution in [3.05, 3.63) is 48.0 Å². The molecule has 1 unspecified atom stereocenters. The Balaban J connectivity index is 1.82. The van der Waals surface area contributed by atoms with E-state index < -0.39 is 10.0 Å². The molecule has 1 atom stereocenters. The summed E-state index contributed by atoms with van der Waals surface area (Å²) in [5.41, 5.74) is 1.39. The molecule has 25 heavy (non-hydrogen) atoms. The number of nitrogens with zero attached hydrogens (tertiary/aromatic N) is 3. The number of ether oxygens (including phenoxy) is 1. The Kier molecular flexibility index (Phi) is 4.78. The predicted octanol–water partition coefficient (Wildman–Crippen LogP) is 0.638. The number of methoxy groups -OCH3 is 1. The molecule has 1 aromatic heterocycles. The SMILES string of the molecule is COc1cccc(C(=O)N2Cc3cncn3C(CNS(C)(=O)=O)C2)c1. The number of rotatable bonds is 5. The fraction of sp³-hybridized carbons (Fsp3) is 0.375. The van der Waals surface area contributed by atoms with Crippen LogP contribution in [0.4, 0.5) is 0 Å². The minimum absolute atomic E-state index is 0.129. The van der Waals surface area contributed by atoms with E-state index in [1.54, 1.807) is 48.8 Å². The van der Waals surface area contributed by atoms with Gasteiger partial charge in [0.25, 0.3) is 5.91 Å². The van der Waals surface area contributed by atoms with Crippen molar-refractivity contribution >= 4 is 15.9 Å². The summed E-state index contributed by atoms with van der Waals surface area (Å²) < 4.78 is 32.4. The Morgan fingerprint density at radius 3 is 2.96 bits per heavy atom. The minimum atomic E-state index is -3.31. The van der Waals surface area contributed by atoms with Crippen LogP contribution < -0.4 is 9.46 Å². The van der Waals surface area contributed by atoms with E-state index in [1.807, 2.05) is 4.57 Å². The van der Waals surface area contributed by atoms with Crippen LogP contribution in [0, 0.1) is 0 Å². The smallest absolute Gasteiger partial charge is 0.254 e. The summed E-state index contributed by atoms with van der Waals surface area (Å²) in [5, 5.41) is 0. The van der Waals surface area contributed by atoms with E-state index in [4.69, 9.17) is 4.74 Å². The number of nitrogens with one attached hydrogen (secondary N) is 1. The van der Waals surface area contributed by atoms with Crippen molar-refractivity contribution < 1.29 is 17.9 Å². The van der Waals surface area contributed by atoms with Gasteiger partial charge < -0.3 is 14.2 Å². The van der Waals surface area contributed by atoms with Gasteiger partial charge in [0.1, 0.15) is 5.75 Å².